The molecule has 12 nitrogen and oxygen atoms in total. The molecule has 3 aromatic carbocycles. The van der Waals surface area contributed by atoms with E-state index in [4.69, 9.17) is 5.73 Å². The molecule has 7 N–H and O–H groups in total. The number of rotatable bonds is 16. The lowest BCUT2D eigenvalue weighted by molar-refractivity contribution is -0.132. The average Bonchev–Trinajstić information content (AvgIpc) is 3.11. The summed E-state index contributed by atoms with van der Waals surface area (Å²) in [6.45, 7) is 4.05. The topological polar surface area (TPSA) is 183 Å². The van der Waals surface area contributed by atoms with Crippen LogP contribution in [0.4, 0.5) is 16.2 Å². The van der Waals surface area contributed by atoms with E-state index in [0.29, 0.717) is 37.1 Å². The van der Waals surface area contributed by atoms with Gasteiger partial charge in [-0.05, 0) is 73.1 Å². The van der Waals surface area contributed by atoms with Crippen LogP contribution in [0, 0.1) is 17.8 Å². The highest BCUT2D eigenvalue weighted by molar-refractivity contribution is 5.98. The Bertz CT molecular complexity index is 1760. The predicted octanol–water partition coefficient (Wildman–Crippen LogP) is 3.70. The van der Waals surface area contributed by atoms with Crippen LogP contribution in [0.3, 0.4) is 0 Å². The lowest BCUT2D eigenvalue weighted by Gasteiger charge is -2.26. The molecule has 12 heteroatoms. The van der Waals surface area contributed by atoms with Gasteiger partial charge in [-0.25, -0.2) is 4.79 Å². The molecule has 0 saturated heterocycles. The largest absolute Gasteiger partial charge is 0.392 e. The second-order valence-electron chi connectivity index (χ2n) is 12.7. The van der Waals surface area contributed by atoms with Crippen LogP contribution in [0.2, 0.25) is 0 Å². The Kier molecular flexibility index (Phi) is 14.1. The molecule has 1 aliphatic heterocycles. The first-order valence-electron chi connectivity index (χ1n) is 17.2. The molecular weight excluding hydrogens is 648 g/mol. The summed E-state index contributed by atoms with van der Waals surface area (Å²) in [7, 11) is 0. The molecular formula is C39H46N6O6. The number of carbonyl (C=O) groups excluding carboxylic acids is 5. The van der Waals surface area contributed by atoms with Crippen LogP contribution in [0.15, 0.2) is 72.8 Å². The van der Waals surface area contributed by atoms with Crippen molar-refractivity contribution in [1.82, 2.24) is 16.0 Å². The number of nitrogens with zero attached hydrogens (tertiary/aromatic N) is 1. The number of hydrogen-bond acceptors (Lipinski definition) is 6. The SMILES string of the molecule is CC(C)[C@@H](NC(=O)CCCCC(=O)N1Cc2ccccc2C#Cc2ccccc21)C(=O)N[C@@H](CCCNC(N)=O)C(=O)Nc1ccc(CO)cc1. The maximum absolute atomic E-state index is 13.5. The van der Waals surface area contributed by atoms with E-state index in [2.05, 4.69) is 33.1 Å². The number of para-hydroxylation sites is 1. The highest BCUT2D eigenvalue weighted by Crippen LogP contribution is 2.26. The third-order valence-corrected chi connectivity index (χ3v) is 8.49. The minimum Gasteiger partial charge on any atom is -0.392 e. The van der Waals surface area contributed by atoms with Crippen LogP contribution >= 0.6 is 0 Å². The smallest absolute Gasteiger partial charge is 0.312 e. The summed E-state index contributed by atoms with van der Waals surface area (Å²) in [6, 6.07) is 19.4. The normalized spacial score (nSPS) is 12.8. The molecule has 0 spiro atoms. The lowest BCUT2D eigenvalue weighted by atomic mass is 10.0. The minimum absolute atomic E-state index is 0.0690. The van der Waals surface area contributed by atoms with Crippen molar-refractivity contribution in [2.45, 2.75) is 77.6 Å². The number of amides is 6. The first kappa shape index (κ1) is 38.1. The molecule has 0 aliphatic carbocycles. The van der Waals surface area contributed by atoms with E-state index in [9.17, 15) is 29.1 Å². The van der Waals surface area contributed by atoms with Crippen molar-refractivity contribution in [1.29, 1.82) is 0 Å². The molecule has 0 fully saturated rings. The second-order valence-corrected chi connectivity index (χ2v) is 12.7. The van der Waals surface area contributed by atoms with Crippen molar-refractivity contribution >= 4 is 41.0 Å². The molecule has 51 heavy (non-hydrogen) atoms. The maximum atomic E-state index is 13.5. The zero-order valence-corrected chi connectivity index (χ0v) is 29.0. The number of urea groups is 1. The van der Waals surface area contributed by atoms with Gasteiger partial charge in [0.05, 0.1) is 18.8 Å². The Hall–Kier alpha value is -5.67. The van der Waals surface area contributed by atoms with E-state index in [1.807, 2.05) is 48.5 Å². The van der Waals surface area contributed by atoms with E-state index in [1.165, 1.54) is 0 Å². The molecule has 0 aromatic heterocycles. The van der Waals surface area contributed by atoms with Gasteiger partial charge < -0.3 is 37.0 Å². The van der Waals surface area contributed by atoms with Gasteiger partial charge >= 0.3 is 6.03 Å². The molecule has 0 saturated carbocycles. The van der Waals surface area contributed by atoms with Crippen molar-refractivity contribution in [3.63, 3.8) is 0 Å². The Morgan fingerprint density at radius 3 is 2.20 bits per heavy atom. The Balaban J connectivity index is 1.32. The van der Waals surface area contributed by atoms with Gasteiger partial charge in [0, 0.05) is 36.2 Å². The molecule has 6 amide bonds. The first-order valence-corrected chi connectivity index (χ1v) is 17.2. The average molecular weight is 695 g/mol. The zero-order valence-electron chi connectivity index (χ0n) is 29.0. The summed E-state index contributed by atoms with van der Waals surface area (Å²) in [5, 5.41) is 20.1. The van der Waals surface area contributed by atoms with Crippen molar-refractivity contribution in [3.8, 4) is 11.8 Å². The van der Waals surface area contributed by atoms with Gasteiger partial charge in [0.15, 0.2) is 0 Å². The first-order chi connectivity index (χ1) is 24.5. The van der Waals surface area contributed by atoms with Crippen LogP contribution in [0.1, 0.15) is 74.6 Å². The van der Waals surface area contributed by atoms with Crippen LogP contribution in [0.25, 0.3) is 0 Å². The van der Waals surface area contributed by atoms with Gasteiger partial charge in [-0.3, -0.25) is 19.2 Å². The number of aliphatic hydroxyl groups is 1. The number of primary amides is 1. The number of nitrogens with two attached hydrogens (primary N) is 1. The van der Waals surface area contributed by atoms with Gasteiger partial charge in [-0.1, -0.05) is 68.2 Å². The highest BCUT2D eigenvalue weighted by atomic mass is 16.3. The van der Waals surface area contributed by atoms with Crippen LogP contribution in [0.5, 0.6) is 0 Å². The van der Waals surface area contributed by atoms with E-state index < -0.39 is 29.9 Å². The predicted molar refractivity (Wildman–Crippen MR) is 195 cm³/mol. The number of benzene rings is 3. The third kappa shape index (κ3) is 11.4. The lowest BCUT2D eigenvalue weighted by Crippen LogP contribution is -2.54. The fourth-order valence-electron chi connectivity index (χ4n) is 5.66. The molecule has 268 valence electrons. The third-order valence-electron chi connectivity index (χ3n) is 8.49. The number of hydrogen-bond donors (Lipinski definition) is 6. The van der Waals surface area contributed by atoms with Gasteiger partial charge in [0.1, 0.15) is 12.1 Å². The van der Waals surface area contributed by atoms with E-state index in [1.54, 1.807) is 43.0 Å². The van der Waals surface area contributed by atoms with Gasteiger partial charge in [0.2, 0.25) is 23.6 Å². The standard InChI is InChI=1S/C39H46N6O6/c1-26(2)36(38(50)43-32(13-9-23-41-39(40)51)37(49)42-31-21-17-27(25-46)18-22-31)44-34(47)15-7-8-16-35(48)45-24-30-12-4-3-10-28(30)19-20-29-11-5-6-14-33(29)45/h3-6,10-12,14,17-18,21-22,26,32,36,46H,7-9,13,15-16,23-25H2,1-2H3,(H,42,49)(H,43,50)(H,44,47)(H3,40,41,51)/t32-,36+/m0/s1. The number of nitrogens with one attached hydrogen (secondary N) is 4. The number of carbonyl (C=O) groups is 5. The Morgan fingerprint density at radius 1 is 0.824 bits per heavy atom. The van der Waals surface area contributed by atoms with Gasteiger partial charge in [-0.2, -0.15) is 0 Å². The second kappa shape index (κ2) is 18.9. The molecule has 1 aliphatic rings. The van der Waals surface area contributed by atoms with Crippen molar-refractivity contribution in [3.05, 3.63) is 95.1 Å². The Morgan fingerprint density at radius 2 is 1.49 bits per heavy atom. The fourth-order valence-corrected chi connectivity index (χ4v) is 5.66. The molecule has 3 aromatic rings. The number of fused-ring (bicyclic) bond motifs is 2. The monoisotopic (exact) mass is 694 g/mol. The van der Waals surface area contributed by atoms with Crippen molar-refractivity contribution in [2.24, 2.45) is 11.7 Å². The Labute approximate surface area is 298 Å². The molecule has 0 radical (unpaired) electrons. The van der Waals surface area contributed by atoms with Crippen LogP contribution in [-0.2, 0) is 32.3 Å². The van der Waals surface area contributed by atoms with E-state index >= 15 is 0 Å². The van der Waals surface area contributed by atoms with Crippen LogP contribution in [-0.4, -0.2) is 53.4 Å². The van der Waals surface area contributed by atoms with Crippen molar-refractivity contribution < 1.29 is 29.1 Å². The number of anilines is 2. The minimum atomic E-state index is -0.972. The van der Waals surface area contributed by atoms with Crippen LogP contribution < -0.4 is 31.9 Å². The zero-order chi connectivity index (χ0) is 36.8. The molecule has 0 bridgehead atoms. The molecule has 4 rings (SSSR count). The van der Waals surface area contributed by atoms with Gasteiger partial charge in [0.25, 0.3) is 0 Å². The number of aliphatic hydroxyl groups excluding tert-OH is 1. The fraction of sp³-hybridized carbons (Fsp3) is 0.359. The summed E-state index contributed by atoms with van der Waals surface area (Å²) >= 11 is 0. The summed E-state index contributed by atoms with van der Waals surface area (Å²) < 4.78 is 0. The molecule has 1 heterocycles. The van der Waals surface area contributed by atoms with E-state index in [0.717, 1.165) is 22.4 Å². The quantitative estimate of drug-likeness (QED) is 0.0982. The van der Waals surface area contributed by atoms with Gasteiger partial charge in [-0.15, -0.1) is 0 Å². The summed E-state index contributed by atoms with van der Waals surface area (Å²) in [4.78, 5) is 66.1. The number of unbranched alkanes of at least 4 members (excludes halogenated alkanes) is 1. The molecule has 0 unspecified atom stereocenters. The summed E-state index contributed by atoms with van der Waals surface area (Å²) in [5.74, 6) is 4.71. The molecule has 2 atom stereocenters. The maximum Gasteiger partial charge on any atom is 0.312 e. The summed E-state index contributed by atoms with van der Waals surface area (Å²) in [5.41, 5.74) is 9.68. The summed E-state index contributed by atoms with van der Waals surface area (Å²) in [6.07, 6.45) is 1.79. The van der Waals surface area contributed by atoms with E-state index in [-0.39, 0.29) is 50.1 Å². The van der Waals surface area contributed by atoms with Crippen molar-refractivity contribution in [2.75, 3.05) is 16.8 Å². The highest BCUT2D eigenvalue weighted by Gasteiger charge is 2.29.